The van der Waals surface area contributed by atoms with Crippen molar-refractivity contribution in [2.24, 2.45) is 5.73 Å². The van der Waals surface area contributed by atoms with Gasteiger partial charge in [0.05, 0.1) is 0 Å². The largest absolute Gasteiger partial charge is 0.374 e. The number of hydrogen-bond acceptors (Lipinski definition) is 2. The summed E-state index contributed by atoms with van der Waals surface area (Å²) in [5.41, 5.74) is 9.54. The van der Waals surface area contributed by atoms with E-state index in [9.17, 15) is 0 Å². The molecule has 0 saturated carbocycles. The zero-order chi connectivity index (χ0) is 13.7. The number of likely N-dealkylation sites (N-methyl/N-ethyl adjacent to an activating group) is 1. The molecule has 0 aromatic heterocycles. The number of nitrogens with two attached hydrogens (primary N) is 1. The maximum Gasteiger partial charge on any atom is 0.0420 e. The van der Waals surface area contributed by atoms with E-state index in [1.54, 1.807) is 0 Å². The van der Waals surface area contributed by atoms with Crippen LogP contribution in [0.15, 0.2) is 53.0 Å². The van der Waals surface area contributed by atoms with E-state index in [-0.39, 0.29) is 0 Å². The highest BCUT2D eigenvalue weighted by molar-refractivity contribution is 9.10. The second-order valence-electron chi connectivity index (χ2n) is 4.63. The van der Waals surface area contributed by atoms with Crippen molar-refractivity contribution in [3.8, 4) is 0 Å². The molecule has 0 heterocycles. The van der Waals surface area contributed by atoms with Gasteiger partial charge in [0, 0.05) is 30.3 Å². The van der Waals surface area contributed by atoms with Crippen molar-refractivity contribution in [2.75, 3.05) is 18.5 Å². The van der Waals surface area contributed by atoms with Crippen molar-refractivity contribution < 1.29 is 0 Å². The molecule has 2 N–H and O–H groups in total. The Morgan fingerprint density at radius 3 is 2.53 bits per heavy atom. The minimum absolute atomic E-state index is 0.568. The van der Waals surface area contributed by atoms with Crippen molar-refractivity contribution >= 4 is 21.6 Å². The van der Waals surface area contributed by atoms with Crippen molar-refractivity contribution in [3.05, 3.63) is 64.1 Å². The summed E-state index contributed by atoms with van der Waals surface area (Å²) in [6.07, 6.45) is 1.04. The van der Waals surface area contributed by atoms with E-state index in [0.717, 1.165) is 17.4 Å². The van der Waals surface area contributed by atoms with Crippen LogP contribution in [0.3, 0.4) is 0 Å². The molecule has 0 fully saturated rings. The maximum absolute atomic E-state index is 5.80. The molecule has 0 aliphatic carbocycles. The van der Waals surface area contributed by atoms with E-state index in [4.69, 9.17) is 5.73 Å². The molecule has 0 radical (unpaired) electrons. The lowest BCUT2D eigenvalue weighted by molar-refractivity contribution is 0.865. The lowest BCUT2D eigenvalue weighted by atomic mass is 10.1. The number of hydrogen-bond donors (Lipinski definition) is 1. The van der Waals surface area contributed by atoms with Crippen LogP contribution in [0.2, 0.25) is 0 Å². The first kappa shape index (κ1) is 14.1. The van der Waals surface area contributed by atoms with Gasteiger partial charge < -0.3 is 10.6 Å². The summed E-state index contributed by atoms with van der Waals surface area (Å²) in [4.78, 5) is 2.26. The molecule has 3 heteroatoms. The van der Waals surface area contributed by atoms with E-state index in [1.165, 1.54) is 16.8 Å². The molecule has 2 aromatic carbocycles. The Labute approximate surface area is 123 Å². The second-order valence-corrected chi connectivity index (χ2v) is 5.55. The van der Waals surface area contributed by atoms with Gasteiger partial charge in [-0.2, -0.15) is 0 Å². The lowest BCUT2D eigenvalue weighted by Crippen LogP contribution is -2.22. The Bertz CT molecular complexity index is 526. The summed E-state index contributed by atoms with van der Waals surface area (Å²) < 4.78 is 1.09. The van der Waals surface area contributed by atoms with Crippen molar-refractivity contribution in [1.82, 2.24) is 0 Å². The molecule has 2 rings (SSSR count). The molecule has 0 amide bonds. The fraction of sp³-hybridized carbons (Fsp3) is 0.250. The number of anilines is 1. The molecule has 0 atom stereocenters. The zero-order valence-electron chi connectivity index (χ0n) is 11.1. The van der Waals surface area contributed by atoms with Crippen LogP contribution in [0.1, 0.15) is 11.1 Å². The minimum atomic E-state index is 0.568. The number of nitrogens with zero attached hydrogens (tertiary/aromatic N) is 1. The quantitative estimate of drug-likeness (QED) is 0.912. The Morgan fingerprint density at radius 1 is 1.11 bits per heavy atom. The van der Waals surface area contributed by atoms with Crippen LogP contribution in [-0.2, 0) is 13.0 Å². The first-order chi connectivity index (χ1) is 9.20. The third-order valence-electron chi connectivity index (χ3n) is 3.26. The summed E-state index contributed by atoms with van der Waals surface area (Å²) in [7, 11) is 2.11. The van der Waals surface area contributed by atoms with Crippen LogP contribution in [-0.4, -0.2) is 13.6 Å². The van der Waals surface area contributed by atoms with Gasteiger partial charge in [0.15, 0.2) is 0 Å². The van der Waals surface area contributed by atoms with Gasteiger partial charge in [0.25, 0.3) is 0 Å². The number of benzene rings is 2. The normalized spacial score (nSPS) is 10.5. The maximum atomic E-state index is 5.80. The molecule has 2 nitrogen and oxygen atoms in total. The lowest BCUT2D eigenvalue weighted by Gasteiger charge is -2.22. The van der Waals surface area contributed by atoms with Gasteiger partial charge in [-0.1, -0.05) is 52.3 Å². The van der Waals surface area contributed by atoms with Gasteiger partial charge in [-0.15, -0.1) is 0 Å². The van der Waals surface area contributed by atoms with Gasteiger partial charge in [0.2, 0.25) is 0 Å². The van der Waals surface area contributed by atoms with Gasteiger partial charge >= 0.3 is 0 Å². The first-order valence-electron chi connectivity index (χ1n) is 6.44. The highest BCUT2D eigenvalue weighted by Gasteiger charge is 2.07. The summed E-state index contributed by atoms with van der Waals surface area (Å²) in [5.74, 6) is 0. The topological polar surface area (TPSA) is 29.3 Å². The molecule has 0 unspecified atom stereocenters. The standard InChI is InChI=1S/C16H19BrN2/c1-19(10-9-13-5-3-2-4-6-13)16-11-15(17)8-7-14(16)12-18/h2-8,11H,9-10,12,18H2,1H3. The second kappa shape index (κ2) is 6.73. The number of rotatable bonds is 5. The Balaban J connectivity index is 2.07. The van der Waals surface area contributed by atoms with E-state index in [0.29, 0.717) is 6.54 Å². The zero-order valence-corrected chi connectivity index (χ0v) is 12.7. The Kier molecular flexibility index (Phi) is 5.00. The smallest absolute Gasteiger partial charge is 0.0420 e. The van der Waals surface area contributed by atoms with E-state index < -0.39 is 0 Å². The summed E-state index contributed by atoms with van der Waals surface area (Å²) in [6.45, 7) is 1.55. The highest BCUT2D eigenvalue weighted by atomic mass is 79.9. The van der Waals surface area contributed by atoms with E-state index >= 15 is 0 Å². The SMILES string of the molecule is CN(CCc1ccccc1)c1cc(Br)ccc1CN. The third-order valence-corrected chi connectivity index (χ3v) is 3.75. The van der Waals surface area contributed by atoms with E-state index in [1.807, 2.05) is 12.1 Å². The molecule has 19 heavy (non-hydrogen) atoms. The summed E-state index contributed by atoms with van der Waals surface area (Å²) >= 11 is 3.52. The average molecular weight is 319 g/mol. The fourth-order valence-corrected chi connectivity index (χ4v) is 2.48. The molecule has 0 aliphatic rings. The van der Waals surface area contributed by atoms with Crippen LogP contribution in [0, 0.1) is 0 Å². The predicted octanol–water partition coefficient (Wildman–Crippen LogP) is 3.59. The van der Waals surface area contributed by atoms with Gasteiger partial charge in [-0.05, 0) is 29.7 Å². The van der Waals surface area contributed by atoms with E-state index in [2.05, 4.69) is 64.3 Å². The Hall–Kier alpha value is -1.32. The molecule has 100 valence electrons. The monoisotopic (exact) mass is 318 g/mol. The number of halogens is 1. The summed E-state index contributed by atoms with van der Waals surface area (Å²) in [5, 5.41) is 0. The molecular formula is C16H19BrN2. The summed E-state index contributed by atoms with van der Waals surface area (Å²) in [6, 6.07) is 16.8. The minimum Gasteiger partial charge on any atom is -0.374 e. The predicted molar refractivity (Wildman–Crippen MR) is 85.4 cm³/mol. The van der Waals surface area contributed by atoms with Crippen LogP contribution in [0.25, 0.3) is 0 Å². The van der Waals surface area contributed by atoms with Crippen molar-refractivity contribution in [1.29, 1.82) is 0 Å². The van der Waals surface area contributed by atoms with Gasteiger partial charge in [-0.3, -0.25) is 0 Å². The third kappa shape index (κ3) is 3.82. The fourth-order valence-electron chi connectivity index (χ4n) is 2.13. The van der Waals surface area contributed by atoms with Crippen molar-refractivity contribution in [2.45, 2.75) is 13.0 Å². The van der Waals surface area contributed by atoms with Crippen LogP contribution >= 0.6 is 15.9 Å². The molecule has 2 aromatic rings. The first-order valence-corrected chi connectivity index (χ1v) is 7.23. The van der Waals surface area contributed by atoms with Crippen LogP contribution in [0.5, 0.6) is 0 Å². The van der Waals surface area contributed by atoms with Gasteiger partial charge in [0.1, 0.15) is 0 Å². The molecular weight excluding hydrogens is 300 g/mol. The average Bonchev–Trinajstić information content (AvgIpc) is 2.46. The molecule has 0 spiro atoms. The highest BCUT2D eigenvalue weighted by Crippen LogP contribution is 2.24. The molecule has 0 bridgehead atoms. The Morgan fingerprint density at radius 2 is 1.84 bits per heavy atom. The van der Waals surface area contributed by atoms with Crippen molar-refractivity contribution in [3.63, 3.8) is 0 Å². The molecule has 0 aliphatic heterocycles. The van der Waals surface area contributed by atoms with Crippen LogP contribution in [0.4, 0.5) is 5.69 Å². The molecule has 0 saturated heterocycles. The van der Waals surface area contributed by atoms with Crippen LogP contribution < -0.4 is 10.6 Å². The van der Waals surface area contributed by atoms with Gasteiger partial charge in [-0.25, -0.2) is 0 Å².